The fourth-order valence-electron chi connectivity index (χ4n) is 3.01. The Bertz CT molecular complexity index is 732. The minimum atomic E-state index is -0.0440. The predicted octanol–water partition coefficient (Wildman–Crippen LogP) is 5.28. The van der Waals surface area contributed by atoms with Crippen molar-refractivity contribution >= 4 is 5.78 Å². The van der Waals surface area contributed by atoms with Gasteiger partial charge in [0.15, 0.2) is 5.78 Å². The molecule has 0 aliphatic rings. The van der Waals surface area contributed by atoms with E-state index in [1.54, 1.807) is 0 Å². The van der Waals surface area contributed by atoms with Crippen LogP contribution in [0.1, 0.15) is 27.0 Å². The van der Waals surface area contributed by atoms with Gasteiger partial charge in [0, 0.05) is 11.5 Å². The maximum absolute atomic E-state index is 13.1. The monoisotopic (exact) mass is 314 g/mol. The standard InChI is InChI=1S/C23H22O/c1-18-12-14-21(15-13-18)23(24)22(16-19-8-4-2-5-9-19)17-20-10-6-3-7-11-20/h2-15,22H,16-17H2,1H3. The highest BCUT2D eigenvalue weighted by atomic mass is 16.1. The number of hydrogen-bond acceptors (Lipinski definition) is 1. The van der Waals surface area contributed by atoms with Gasteiger partial charge in [0.1, 0.15) is 0 Å². The lowest BCUT2D eigenvalue weighted by Crippen LogP contribution is -2.20. The van der Waals surface area contributed by atoms with Crippen LogP contribution >= 0.6 is 0 Å². The molecule has 1 heteroatoms. The normalized spacial score (nSPS) is 10.8. The first-order valence-electron chi connectivity index (χ1n) is 8.41. The molecule has 3 aromatic rings. The first-order valence-corrected chi connectivity index (χ1v) is 8.41. The second-order valence-corrected chi connectivity index (χ2v) is 6.31. The smallest absolute Gasteiger partial charge is 0.166 e. The molecule has 0 amide bonds. The zero-order valence-corrected chi connectivity index (χ0v) is 14.0. The highest BCUT2D eigenvalue weighted by molar-refractivity contribution is 5.98. The topological polar surface area (TPSA) is 17.1 Å². The van der Waals surface area contributed by atoms with Gasteiger partial charge in [0.25, 0.3) is 0 Å². The van der Waals surface area contributed by atoms with Gasteiger partial charge in [-0.3, -0.25) is 4.79 Å². The molecule has 1 nitrogen and oxygen atoms in total. The van der Waals surface area contributed by atoms with Crippen LogP contribution in [0.2, 0.25) is 0 Å². The van der Waals surface area contributed by atoms with Crippen molar-refractivity contribution in [1.29, 1.82) is 0 Å². The Morgan fingerprint density at radius 2 is 1.17 bits per heavy atom. The van der Waals surface area contributed by atoms with E-state index in [0.717, 1.165) is 18.4 Å². The van der Waals surface area contributed by atoms with Crippen molar-refractivity contribution in [1.82, 2.24) is 0 Å². The number of rotatable bonds is 6. The second kappa shape index (κ2) is 7.74. The Morgan fingerprint density at radius 3 is 1.62 bits per heavy atom. The highest BCUT2D eigenvalue weighted by Crippen LogP contribution is 2.20. The molecule has 0 bridgehead atoms. The SMILES string of the molecule is Cc1ccc(C(=O)C(Cc2ccccc2)Cc2ccccc2)cc1. The molecule has 0 atom stereocenters. The van der Waals surface area contributed by atoms with Crippen molar-refractivity contribution in [2.75, 3.05) is 0 Å². The summed E-state index contributed by atoms with van der Waals surface area (Å²) >= 11 is 0. The van der Waals surface area contributed by atoms with Crippen molar-refractivity contribution in [2.24, 2.45) is 5.92 Å². The first kappa shape index (κ1) is 16.2. The van der Waals surface area contributed by atoms with E-state index in [4.69, 9.17) is 0 Å². The van der Waals surface area contributed by atoms with Gasteiger partial charge >= 0.3 is 0 Å². The summed E-state index contributed by atoms with van der Waals surface area (Å²) in [6, 6.07) is 28.5. The quantitative estimate of drug-likeness (QED) is 0.566. The zero-order valence-electron chi connectivity index (χ0n) is 14.0. The third-order valence-electron chi connectivity index (χ3n) is 4.36. The lowest BCUT2D eigenvalue weighted by Gasteiger charge is -2.16. The number of aryl methyl sites for hydroxylation is 1. The fraction of sp³-hybridized carbons (Fsp3) is 0.174. The maximum Gasteiger partial charge on any atom is 0.166 e. The number of hydrogen-bond donors (Lipinski definition) is 0. The Morgan fingerprint density at radius 1 is 0.708 bits per heavy atom. The third-order valence-corrected chi connectivity index (χ3v) is 4.36. The lowest BCUT2D eigenvalue weighted by molar-refractivity contribution is 0.0918. The van der Waals surface area contributed by atoms with Crippen LogP contribution in [-0.4, -0.2) is 5.78 Å². The van der Waals surface area contributed by atoms with Gasteiger partial charge in [-0.2, -0.15) is 0 Å². The molecular weight excluding hydrogens is 292 g/mol. The van der Waals surface area contributed by atoms with Crippen molar-refractivity contribution in [2.45, 2.75) is 19.8 Å². The van der Waals surface area contributed by atoms with Crippen LogP contribution in [0.15, 0.2) is 84.9 Å². The molecule has 3 rings (SSSR count). The molecule has 0 spiro atoms. The molecule has 0 N–H and O–H groups in total. The van der Waals surface area contributed by atoms with E-state index in [2.05, 4.69) is 24.3 Å². The van der Waals surface area contributed by atoms with E-state index < -0.39 is 0 Å². The van der Waals surface area contributed by atoms with Crippen LogP contribution in [0.5, 0.6) is 0 Å². The van der Waals surface area contributed by atoms with Crippen LogP contribution in [0.4, 0.5) is 0 Å². The summed E-state index contributed by atoms with van der Waals surface area (Å²) in [4.78, 5) is 13.1. The average Bonchev–Trinajstić information content (AvgIpc) is 2.63. The number of ketones is 1. The maximum atomic E-state index is 13.1. The molecule has 3 aromatic carbocycles. The summed E-state index contributed by atoms with van der Waals surface area (Å²) in [5.41, 5.74) is 4.39. The van der Waals surface area contributed by atoms with Crippen LogP contribution in [0.3, 0.4) is 0 Å². The zero-order chi connectivity index (χ0) is 16.8. The van der Waals surface area contributed by atoms with E-state index >= 15 is 0 Å². The van der Waals surface area contributed by atoms with Gasteiger partial charge in [-0.1, -0.05) is 90.5 Å². The van der Waals surface area contributed by atoms with Gasteiger partial charge in [0.05, 0.1) is 0 Å². The molecule has 0 saturated heterocycles. The average molecular weight is 314 g/mol. The molecule has 0 aromatic heterocycles. The van der Waals surface area contributed by atoms with E-state index in [1.165, 1.54) is 16.7 Å². The van der Waals surface area contributed by atoms with E-state index in [0.29, 0.717) is 0 Å². The molecular formula is C23H22O. The summed E-state index contributed by atoms with van der Waals surface area (Å²) in [5.74, 6) is 0.181. The minimum Gasteiger partial charge on any atom is -0.294 e. The molecule has 120 valence electrons. The molecule has 0 fully saturated rings. The molecule has 24 heavy (non-hydrogen) atoms. The van der Waals surface area contributed by atoms with Crippen molar-refractivity contribution in [3.63, 3.8) is 0 Å². The summed E-state index contributed by atoms with van der Waals surface area (Å²) in [6.45, 7) is 2.04. The molecule has 0 aliphatic heterocycles. The van der Waals surface area contributed by atoms with Crippen molar-refractivity contribution < 1.29 is 4.79 Å². The number of Topliss-reactive ketones (excluding diaryl/α,β-unsaturated/α-hetero) is 1. The number of carbonyl (C=O) groups excluding carboxylic acids is 1. The molecule has 0 radical (unpaired) electrons. The molecule has 0 aliphatic carbocycles. The lowest BCUT2D eigenvalue weighted by atomic mass is 9.86. The second-order valence-electron chi connectivity index (χ2n) is 6.31. The van der Waals surface area contributed by atoms with Crippen molar-refractivity contribution in [3.8, 4) is 0 Å². The summed E-state index contributed by atoms with van der Waals surface area (Å²) in [5, 5.41) is 0. The largest absolute Gasteiger partial charge is 0.294 e. The first-order chi connectivity index (χ1) is 11.7. The fourth-order valence-corrected chi connectivity index (χ4v) is 3.01. The number of benzene rings is 3. The molecule has 0 unspecified atom stereocenters. The number of carbonyl (C=O) groups is 1. The highest BCUT2D eigenvalue weighted by Gasteiger charge is 2.21. The Kier molecular flexibility index (Phi) is 5.22. The summed E-state index contributed by atoms with van der Waals surface area (Å²) in [6.07, 6.45) is 1.53. The van der Waals surface area contributed by atoms with E-state index in [9.17, 15) is 4.79 Å². The van der Waals surface area contributed by atoms with Crippen LogP contribution < -0.4 is 0 Å². The van der Waals surface area contributed by atoms with Gasteiger partial charge in [0.2, 0.25) is 0 Å². The third kappa shape index (κ3) is 4.20. The van der Waals surface area contributed by atoms with Gasteiger partial charge in [-0.05, 0) is 30.9 Å². The summed E-state index contributed by atoms with van der Waals surface area (Å²) in [7, 11) is 0. The van der Waals surface area contributed by atoms with E-state index in [-0.39, 0.29) is 11.7 Å². The van der Waals surface area contributed by atoms with Gasteiger partial charge < -0.3 is 0 Å². The minimum absolute atomic E-state index is 0.0440. The van der Waals surface area contributed by atoms with Crippen LogP contribution in [0.25, 0.3) is 0 Å². The summed E-state index contributed by atoms with van der Waals surface area (Å²) < 4.78 is 0. The van der Waals surface area contributed by atoms with Crippen LogP contribution in [0, 0.1) is 12.8 Å². The Hall–Kier alpha value is -2.67. The van der Waals surface area contributed by atoms with Crippen molar-refractivity contribution in [3.05, 3.63) is 107 Å². The van der Waals surface area contributed by atoms with Crippen LogP contribution in [-0.2, 0) is 12.8 Å². The predicted molar refractivity (Wildman–Crippen MR) is 99.3 cm³/mol. The van der Waals surface area contributed by atoms with Gasteiger partial charge in [-0.25, -0.2) is 0 Å². The Labute approximate surface area is 144 Å². The Balaban J connectivity index is 1.85. The molecule has 0 heterocycles. The van der Waals surface area contributed by atoms with Gasteiger partial charge in [-0.15, -0.1) is 0 Å². The van der Waals surface area contributed by atoms with E-state index in [1.807, 2.05) is 67.6 Å². The molecule has 0 saturated carbocycles.